The van der Waals surface area contributed by atoms with Crippen molar-refractivity contribution >= 4 is 0 Å². The molecule has 0 bridgehead atoms. The second-order valence-corrected chi connectivity index (χ2v) is 4.06. The van der Waals surface area contributed by atoms with E-state index in [-0.39, 0.29) is 12.1 Å². The highest BCUT2D eigenvalue weighted by Crippen LogP contribution is 2.05. The van der Waals surface area contributed by atoms with E-state index in [0.29, 0.717) is 12.2 Å². The number of aliphatic hydroxyl groups excluding tert-OH is 1. The van der Waals surface area contributed by atoms with E-state index in [1.807, 2.05) is 26.0 Å². The van der Waals surface area contributed by atoms with Crippen molar-refractivity contribution in [2.75, 3.05) is 6.61 Å². The first-order chi connectivity index (χ1) is 7.07. The van der Waals surface area contributed by atoms with Gasteiger partial charge in [-0.25, -0.2) is 4.98 Å². The SMILES string of the molecule is CC(C)(CO)NCc1ccnc(C#N)c1. The molecule has 2 N–H and O–H groups in total. The van der Waals surface area contributed by atoms with E-state index in [0.717, 1.165) is 5.56 Å². The molecule has 0 aliphatic rings. The van der Waals surface area contributed by atoms with Crippen molar-refractivity contribution in [3.63, 3.8) is 0 Å². The maximum atomic E-state index is 9.05. The molecule has 0 amide bonds. The van der Waals surface area contributed by atoms with Crippen LogP contribution in [-0.4, -0.2) is 22.2 Å². The van der Waals surface area contributed by atoms with Crippen molar-refractivity contribution in [3.8, 4) is 6.07 Å². The predicted octanol–water partition coefficient (Wildman–Crippen LogP) is 0.814. The predicted molar refractivity (Wildman–Crippen MR) is 57.0 cm³/mol. The Balaban J connectivity index is 2.62. The number of nitrogens with zero attached hydrogens (tertiary/aromatic N) is 2. The molecule has 4 heteroatoms. The van der Waals surface area contributed by atoms with Crippen molar-refractivity contribution in [2.45, 2.75) is 25.9 Å². The van der Waals surface area contributed by atoms with Crippen LogP contribution >= 0.6 is 0 Å². The Bertz CT molecular complexity index is 368. The molecule has 0 fully saturated rings. The number of hydrogen-bond donors (Lipinski definition) is 2. The molecule has 1 heterocycles. The summed E-state index contributed by atoms with van der Waals surface area (Å²) in [6.07, 6.45) is 1.61. The lowest BCUT2D eigenvalue weighted by Gasteiger charge is -2.23. The van der Waals surface area contributed by atoms with E-state index >= 15 is 0 Å². The van der Waals surface area contributed by atoms with Crippen LogP contribution in [0.2, 0.25) is 0 Å². The Morgan fingerprint density at radius 1 is 1.60 bits per heavy atom. The first kappa shape index (κ1) is 11.6. The van der Waals surface area contributed by atoms with E-state index in [1.54, 1.807) is 12.3 Å². The monoisotopic (exact) mass is 205 g/mol. The Kier molecular flexibility index (Phi) is 3.78. The fourth-order valence-corrected chi connectivity index (χ4v) is 1.04. The Morgan fingerprint density at radius 2 is 2.33 bits per heavy atom. The normalized spacial score (nSPS) is 11.1. The smallest absolute Gasteiger partial charge is 0.140 e. The van der Waals surface area contributed by atoms with Gasteiger partial charge in [0.2, 0.25) is 0 Å². The topological polar surface area (TPSA) is 68.9 Å². The highest BCUT2D eigenvalue weighted by atomic mass is 16.3. The molecule has 80 valence electrons. The standard InChI is InChI=1S/C11H15N3O/c1-11(2,8-15)14-7-9-3-4-13-10(5-9)6-12/h3-5,14-15H,7-8H2,1-2H3. The van der Waals surface area contributed by atoms with Gasteiger partial charge < -0.3 is 10.4 Å². The van der Waals surface area contributed by atoms with Crippen molar-refractivity contribution in [1.82, 2.24) is 10.3 Å². The zero-order valence-corrected chi connectivity index (χ0v) is 8.99. The van der Waals surface area contributed by atoms with Crippen molar-refractivity contribution in [3.05, 3.63) is 29.6 Å². The molecular weight excluding hydrogens is 190 g/mol. The summed E-state index contributed by atoms with van der Waals surface area (Å²) in [7, 11) is 0. The van der Waals surface area contributed by atoms with Gasteiger partial charge in [-0.3, -0.25) is 0 Å². The molecule has 1 rings (SSSR count). The molecule has 4 nitrogen and oxygen atoms in total. The van der Waals surface area contributed by atoms with Crippen LogP contribution < -0.4 is 5.32 Å². The number of pyridine rings is 1. The van der Waals surface area contributed by atoms with Gasteiger partial charge in [0.15, 0.2) is 0 Å². The molecule has 0 spiro atoms. The van der Waals surface area contributed by atoms with Crippen molar-refractivity contribution < 1.29 is 5.11 Å². The second-order valence-electron chi connectivity index (χ2n) is 4.06. The molecule has 0 saturated heterocycles. The lowest BCUT2D eigenvalue weighted by Crippen LogP contribution is -2.42. The quantitative estimate of drug-likeness (QED) is 0.763. The third kappa shape index (κ3) is 3.66. The van der Waals surface area contributed by atoms with Gasteiger partial charge in [0, 0.05) is 18.3 Å². The van der Waals surface area contributed by atoms with Crippen LogP contribution in [0.25, 0.3) is 0 Å². The van der Waals surface area contributed by atoms with Crippen LogP contribution in [0.3, 0.4) is 0 Å². The number of nitrogens with one attached hydrogen (secondary N) is 1. The van der Waals surface area contributed by atoms with Gasteiger partial charge in [0.05, 0.1) is 6.61 Å². The Morgan fingerprint density at radius 3 is 2.93 bits per heavy atom. The average Bonchev–Trinajstić information content (AvgIpc) is 2.27. The Hall–Kier alpha value is -1.44. The minimum absolute atomic E-state index is 0.0726. The molecule has 0 aliphatic heterocycles. The summed E-state index contributed by atoms with van der Waals surface area (Å²) < 4.78 is 0. The molecule has 1 aromatic heterocycles. The molecule has 15 heavy (non-hydrogen) atoms. The molecule has 1 aromatic rings. The minimum atomic E-state index is -0.309. The van der Waals surface area contributed by atoms with Crippen LogP contribution in [0.1, 0.15) is 25.1 Å². The van der Waals surface area contributed by atoms with Crippen LogP contribution in [0.15, 0.2) is 18.3 Å². The minimum Gasteiger partial charge on any atom is -0.394 e. The Labute approximate surface area is 89.6 Å². The first-order valence-corrected chi connectivity index (χ1v) is 4.78. The fraction of sp³-hybridized carbons (Fsp3) is 0.455. The molecule has 0 atom stereocenters. The number of aliphatic hydroxyl groups is 1. The average molecular weight is 205 g/mol. The van der Waals surface area contributed by atoms with E-state index in [1.165, 1.54) is 0 Å². The van der Waals surface area contributed by atoms with Crippen LogP contribution in [-0.2, 0) is 6.54 Å². The summed E-state index contributed by atoms with van der Waals surface area (Å²) in [5.74, 6) is 0. The van der Waals surface area contributed by atoms with E-state index < -0.39 is 0 Å². The summed E-state index contributed by atoms with van der Waals surface area (Å²) in [4.78, 5) is 3.88. The van der Waals surface area contributed by atoms with Crippen LogP contribution in [0, 0.1) is 11.3 Å². The number of nitriles is 1. The van der Waals surface area contributed by atoms with Crippen molar-refractivity contribution in [2.24, 2.45) is 0 Å². The van der Waals surface area contributed by atoms with Gasteiger partial charge in [-0.05, 0) is 31.5 Å². The van der Waals surface area contributed by atoms with Crippen LogP contribution in [0.4, 0.5) is 0 Å². The third-order valence-electron chi connectivity index (χ3n) is 2.11. The van der Waals surface area contributed by atoms with Crippen LogP contribution in [0.5, 0.6) is 0 Å². The van der Waals surface area contributed by atoms with E-state index in [2.05, 4.69) is 10.3 Å². The number of rotatable bonds is 4. The molecule has 0 saturated carbocycles. The molecule has 0 aromatic carbocycles. The highest BCUT2D eigenvalue weighted by Gasteiger charge is 2.14. The van der Waals surface area contributed by atoms with Gasteiger partial charge >= 0.3 is 0 Å². The van der Waals surface area contributed by atoms with Gasteiger partial charge in [0.1, 0.15) is 11.8 Å². The third-order valence-corrected chi connectivity index (χ3v) is 2.11. The summed E-state index contributed by atoms with van der Waals surface area (Å²) >= 11 is 0. The molecule has 0 radical (unpaired) electrons. The second kappa shape index (κ2) is 4.87. The zero-order chi connectivity index (χ0) is 11.3. The lowest BCUT2D eigenvalue weighted by molar-refractivity contribution is 0.187. The maximum Gasteiger partial charge on any atom is 0.140 e. The fourth-order valence-electron chi connectivity index (χ4n) is 1.04. The van der Waals surface area contributed by atoms with Crippen molar-refractivity contribution in [1.29, 1.82) is 5.26 Å². The van der Waals surface area contributed by atoms with E-state index in [4.69, 9.17) is 10.4 Å². The largest absolute Gasteiger partial charge is 0.394 e. The van der Waals surface area contributed by atoms with Gasteiger partial charge in [-0.2, -0.15) is 5.26 Å². The maximum absolute atomic E-state index is 9.05. The molecular formula is C11H15N3O. The van der Waals surface area contributed by atoms with Gasteiger partial charge in [0.25, 0.3) is 0 Å². The van der Waals surface area contributed by atoms with E-state index in [9.17, 15) is 0 Å². The van der Waals surface area contributed by atoms with Gasteiger partial charge in [-0.15, -0.1) is 0 Å². The summed E-state index contributed by atoms with van der Waals surface area (Å²) in [6.45, 7) is 4.52. The molecule has 0 aliphatic carbocycles. The summed E-state index contributed by atoms with van der Waals surface area (Å²) in [5, 5.41) is 20.9. The number of aromatic nitrogens is 1. The zero-order valence-electron chi connectivity index (χ0n) is 8.99. The first-order valence-electron chi connectivity index (χ1n) is 4.78. The summed E-state index contributed by atoms with van der Waals surface area (Å²) in [6, 6.07) is 5.58. The summed E-state index contributed by atoms with van der Waals surface area (Å²) in [5.41, 5.74) is 1.09. The lowest BCUT2D eigenvalue weighted by atomic mass is 10.1. The highest BCUT2D eigenvalue weighted by molar-refractivity contribution is 5.25. The molecule has 0 unspecified atom stereocenters. The van der Waals surface area contributed by atoms with Gasteiger partial charge in [-0.1, -0.05) is 0 Å². The number of hydrogen-bond acceptors (Lipinski definition) is 4.